The molecule has 0 fully saturated rings. The lowest BCUT2D eigenvalue weighted by Gasteiger charge is -2.06. The molecule has 2 N–H and O–H groups in total. The van der Waals surface area contributed by atoms with Crippen molar-refractivity contribution in [2.75, 3.05) is 0 Å². The molecule has 70 valence electrons. The van der Waals surface area contributed by atoms with Crippen LogP contribution in [0.3, 0.4) is 0 Å². The molecule has 0 aliphatic heterocycles. The van der Waals surface area contributed by atoms with Crippen molar-refractivity contribution in [2.24, 2.45) is 0 Å². The minimum atomic E-state index is -2.03. The van der Waals surface area contributed by atoms with Crippen molar-refractivity contribution in [1.29, 1.82) is 0 Å². The average Bonchev–Trinajstić information content (AvgIpc) is 2.08. The first kappa shape index (κ1) is 9.60. The van der Waals surface area contributed by atoms with Gasteiger partial charge in [-0.15, -0.1) is 0 Å². The zero-order valence-electron chi connectivity index (χ0n) is 6.37. The molecular weight excluding hydrogens is 182 g/mol. The van der Waals surface area contributed by atoms with Crippen LogP contribution in [0.15, 0.2) is 18.2 Å². The summed E-state index contributed by atoms with van der Waals surface area (Å²) < 4.78 is 25.3. The smallest absolute Gasteiger partial charge is 0.337 e. The fourth-order valence-corrected chi connectivity index (χ4v) is 0.857. The van der Waals surface area contributed by atoms with Crippen molar-refractivity contribution in [2.45, 2.75) is 6.10 Å². The number of carboxylic acids is 1. The predicted molar refractivity (Wildman–Crippen MR) is 39.0 cm³/mol. The Kier molecular flexibility index (Phi) is 2.57. The number of aliphatic hydroxyl groups excluding tert-OH is 1. The lowest BCUT2D eigenvalue weighted by atomic mass is 10.1. The van der Waals surface area contributed by atoms with Gasteiger partial charge in [0.15, 0.2) is 6.10 Å². The number of halogens is 2. The van der Waals surface area contributed by atoms with Crippen molar-refractivity contribution in [3.63, 3.8) is 0 Å². The first-order valence-corrected chi connectivity index (χ1v) is 3.38. The van der Waals surface area contributed by atoms with Crippen molar-refractivity contribution >= 4 is 5.97 Å². The summed E-state index contributed by atoms with van der Waals surface area (Å²) in [5.41, 5.74) is -0.576. The Labute approximate surface area is 72.2 Å². The van der Waals surface area contributed by atoms with Crippen molar-refractivity contribution in [3.8, 4) is 0 Å². The van der Waals surface area contributed by atoms with Crippen LogP contribution in [0.2, 0.25) is 0 Å². The van der Waals surface area contributed by atoms with Crippen LogP contribution in [0.1, 0.15) is 11.7 Å². The SMILES string of the molecule is O=C(O)[C@@H](O)c1cc(F)ccc1F. The number of carbonyl (C=O) groups is 1. The van der Waals surface area contributed by atoms with Gasteiger partial charge >= 0.3 is 5.97 Å². The molecule has 0 amide bonds. The molecule has 1 aromatic rings. The standard InChI is InChI=1S/C8H6F2O3/c9-4-1-2-6(10)5(3-4)7(11)8(12)13/h1-3,7,11H,(H,12,13)/t7-/m0/s1. The van der Waals surface area contributed by atoms with Crippen LogP contribution in [0.5, 0.6) is 0 Å². The number of hydrogen-bond acceptors (Lipinski definition) is 2. The van der Waals surface area contributed by atoms with Gasteiger partial charge < -0.3 is 10.2 Å². The van der Waals surface area contributed by atoms with Crippen LogP contribution in [0, 0.1) is 11.6 Å². The maximum absolute atomic E-state index is 12.8. The molecular formula is C8H6F2O3. The maximum atomic E-state index is 12.8. The van der Waals surface area contributed by atoms with E-state index in [0.717, 1.165) is 12.1 Å². The van der Waals surface area contributed by atoms with E-state index in [4.69, 9.17) is 10.2 Å². The third-order valence-electron chi connectivity index (χ3n) is 1.49. The highest BCUT2D eigenvalue weighted by Crippen LogP contribution is 2.18. The fourth-order valence-electron chi connectivity index (χ4n) is 0.857. The van der Waals surface area contributed by atoms with Crippen LogP contribution in [0.4, 0.5) is 8.78 Å². The molecule has 0 aliphatic carbocycles. The van der Waals surface area contributed by atoms with Gasteiger partial charge in [0.05, 0.1) is 0 Å². The minimum absolute atomic E-state index is 0.576. The summed E-state index contributed by atoms with van der Waals surface area (Å²) in [6.45, 7) is 0. The van der Waals surface area contributed by atoms with Crippen LogP contribution < -0.4 is 0 Å². The molecule has 1 rings (SSSR count). The number of carboxylic acid groups (broad SMARTS) is 1. The van der Waals surface area contributed by atoms with Crippen molar-refractivity contribution < 1.29 is 23.8 Å². The highest BCUT2D eigenvalue weighted by atomic mass is 19.1. The highest BCUT2D eigenvalue weighted by molar-refractivity contribution is 5.74. The van der Waals surface area contributed by atoms with Gasteiger partial charge in [-0.05, 0) is 18.2 Å². The van der Waals surface area contributed by atoms with E-state index in [0.29, 0.717) is 6.07 Å². The van der Waals surface area contributed by atoms with Gasteiger partial charge in [-0.2, -0.15) is 0 Å². The number of aliphatic hydroxyl groups is 1. The van der Waals surface area contributed by atoms with E-state index in [1.54, 1.807) is 0 Å². The van der Waals surface area contributed by atoms with E-state index in [1.165, 1.54) is 0 Å². The lowest BCUT2D eigenvalue weighted by molar-refractivity contribution is -0.147. The first-order valence-electron chi connectivity index (χ1n) is 3.38. The minimum Gasteiger partial charge on any atom is -0.479 e. The van der Waals surface area contributed by atoms with E-state index in [9.17, 15) is 13.6 Å². The van der Waals surface area contributed by atoms with Crippen LogP contribution in [-0.2, 0) is 4.79 Å². The van der Waals surface area contributed by atoms with Crippen LogP contribution in [-0.4, -0.2) is 16.2 Å². The summed E-state index contributed by atoms with van der Waals surface area (Å²) in [6, 6.07) is 2.25. The average molecular weight is 188 g/mol. The van der Waals surface area contributed by atoms with Gasteiger partial charge in [0.2, 0.25) is 0 Å². The maximum Gasteiger partial charge on any atom is 0.337 e. The Morgan fingerprint density at radius 1 is 1.38 bits per heavy atom. The molecule has 0 heterocycles. The second kappa shape index (κ2) is 3.49. The van der Waals surface area contributed by atoms with E-state index in [1.807, 2.05) is 0 Å². The molecule has 0 radical (unpaired) electrons. The highest BCUT2D eigenvalue weighted by Gasteiger charge is 2.20. The monoisotopic (exact) mass is 188 g/mol. The number of rotatable bonds is 2. The molecule has 0 bridgehead atoms. The van der Waals surface area contributed by atoms with E-state index >= 15 is 0 Å². The number of aliphatic carboxylic acids is 1. The molecule has 5 heteroatoms. The zero-order chi connectivity index (χ0) is 10.0. The quantitative estimate of drug-likeness (QED) is 0.730. The molecule has 1 aromatic carbocycles. The summed E-state index contributed by atoms with van der Waals surface area (Å²) in [4.78, 5) is 10.2. The summed E-state index contributed by atoms with van der Waals surface area (Å²) >= 11 is 0. The van der Waals surface area contributed by atoms with Crippen LogP contribution >= 0.6 is 0 Å². The third kappa shape index (κ3) is 2.00. The second-order valence-corrected chi connectivity index (χ2v) is 2.41. The largest absolute Gasteiger partial charge is 0.479 e. The van der Waals surface area contributed by atoms with Gasteiger partial charge in [-0.25, -0.2) is 13.6 Å². The van der Waals surface area contributed by atoms with Crippen molar-refractivity contribution in [1.82, 2.24) is 0 Å². The fraction of sp³-hybridized carbons (Fsp3) is 0.125. The van der Waals surface area contributed by atoms with Gasteiger partial charge in [0, 0.05) is 5.56 Å². The first-order chi connectivity index (χ1) is 6.02. The molecule has 13 heavy (non-hydrogen) atoms. The molecule has 0 spiro atoms. The van der Waals surface area contributed by atoms with Crippen LogP contribution in [0.25, 0.3) is 0 Å². The predicted octanol–water partition coefficient (Wildman–Crippen LogP) is 1.08. The summed E-state index contributed by atoms with van der Waals surface area (Å²) in [7, 11) is 0. The Balaban J connectivity index is 3.12. The molecule has 0 unspecified atom stereocenters. The number of hydrogen-bond donors (Lipinski definition) is 2. The Hall–Kier alpha value is -1.49. The third-order valence-corrected chi connectivity index (χ3v) is 1.49. The van der Waals surface area contributed by atoms with Crippen molar-refractivity contribution in [3.05, 3.63) is 35.4 Å². The molecule has 0 saturated heterocycles. The number of benzene rings is 1. The molecule has 0 aliphatic rings. The normalized spacial score (nSPS) is 12.5. The van der Waals surface area contributed by atoms with Gasteiger partial charge in [0.1, 0.15) is 11.6 Å². The summed E-state index contributed by atoms with van der Waals surface area (Å²) in [5.74, 6) is -3.36. The Bertz CT molecular complexity index is 338. The Morgan fingerprint density at radius 3 is 2.54 bits per heavy atom. The van der Waals surface area contributed by atoms with E-state index in [2.05, 4.69) is 0 Å². The molecule has 0 saturated carbocycles. The van der Waals surface area contributed by atoms with Gasteiger partial charge in [-0.3, -0.25) is 0 Å². The molecule has 1 atom stereocenters. The second-order valence-electron chi connectivity index (χ2n) is 2.41. The Morgan fingerprint density at radius 2 is 2.00 bits per heavy atom. The lowest BCUT2D eigenvalue weighted by Crippen LogP contribution is -2.12. The zero-order valence-corrected chi connectivity index (χ0v) is 6.37. The topological polar surface area (TPSA) is 57.5 Å². The van der Waals surface area contributed by atoms with E-state index < -0.39 is 29.3 Å². The van der Waals surface area contributed by atoms with Gasteiger partial charge in [0.25, 0.3) is 0 Å². The van der Waals surface area contributed by atoms with E-state index in [-0.39, 0.29) is 0 Å². The summed E-state index contributed by atoms with van der Waals surface area (Å²) in [5, 5.41) is 17.2. The summed E-state index contributed by atoms with van der Waals surface area (Å²) in [6.07, 6.45) is -2.03. The van der Waals surface area contributed by atoms with Gasteiger partial charge in [-0.1, -0.05) is 0 Å². The molecule has 0 aromatic heterocycles. The molecule has 3 nitrogen and oxygen atoms in total.